The molecule has 0 radical (unpaired) electrons. The number of ether oxygens (including phenoxy) is 1. The lowest BCUT2D eigenvalue weighted by Gasteiger charge is -2.10. The van der Waals surface area contributed by atoms with Crippen LogP contribution in [0.15, 0.2) is 63.8 Å². The van der Waals surface area contributed by atoms with Crippen LogP contribution in [0, 0.1) is 0 Å². The van der Waals surface area contributed by atoms with Crippen LogP contribution in [0.25, 0.3) is 11.0 Å². The molecule has 28 heavy (non-hydrogen) atoms. The molecule has 0 bridgehead atoms. The minimum Gasteiger partial charge on any atom is -0.450 e. The van der Waals surface area contributed by atoms with Gasteiger partial charge in [0.15, 0.2) is 12.0 Å². The first-order valence-corrected chi connectivity index (χ1v) is 9.07. The minimum atomic E-state index is -0.870. The number of carbonyl (C=O) groups excluding carboxylic acids is 2. The molecule has 3 rings (SSSR count). The molecule has 144 valence electrons. The maximum Gasteiger partial charge on any atom is 0.374 e. The van der Waals surface area contributed by atoms with Crippen molar-refractivity contribution in [2.75, 3.05) is 11.9 Å². The van der Waals surface area contributed by atoms with Gasteiger partial charge in [-0.05, 0) is 42.2 Å². The Hall–Kier alpha value is -3.41. The Kier molecular flexibility index (Phi) is 5.89. The third kappa shape index (κ3) is 4.46. The number of esters is 1. The van der Waals surface area contributed by atoms with Crippen molar-refractivity contribution in [3.63, 3.8) is 0 Å². The number of para-hydroxylation sites is 1. The second kappa shape index (κ2) is 8.52. The standard InChI is InChI=1S/C22H21NO5/c1-3-14(2)15-8-10-16(11-9-15)23-21(25)13-27-22(26)20-12-18(24)17-6-4-5-7-19(17)28-20/h4-12,14H,3,13H2,1-2H3,(H,23,25)/t14-/m1/s1. The summed E-state index contributed by atoms with van der Waals surface area (Å²) < 4.78 is 10.4. The largest absolute Gasteiger partial charge is 0.450 e. The molecule has 2 aromatic carbocycles. The van der Waals surface area contributed by atoms with Crippen LogP contribution < -0.4 is 10.7 Å². The molecule has 6 heteroatoms. The van der Waals surface area contributed by atoms with E-state index in [4.69, 9.17) is 9.15 Å². The molecule has 6 nitrogen and oxygen atoms in total. The normalized spacial score (nSPS) is 11.8. The summed E-state index contributed by atoms with van der Waals surface area (Å²) in [6.45, 7) is 3.77. The first kappa shape index (κ1) is 19.4. The second-order valence-electron chi connectivity index (χ2n) is 6.53. The lowest BCUT2D eigenvalue weighted by Crippen LogP contribution is -2.21. The van der Waals surface area contributed by atoms with Crippen LogP contribution in [-0.4, -0.2) is 18.5 Å². The number of nitrogens with one attached hydrogen (secondary N) is 1. The van der Waals surface area contributed by atoms with Gasteiger partial charge in [0, 0.05) is 11.8 Å². The van der Waals surface area contributed by atoms with Gasteiger partial charge in [-0.15, -0.1) is 0 Å². The zero-order valence-electron chi connectivity index (χ0n) is 15.7. The smallest absolute Gasteiger partial charge is 0.374 e. The Morgan fingerprint density at radius 1 is 1.11 bits per heavy atom. The van der Waals surface area contributed by atoms with Gasteiger partial charge in [0.25, 0.3) is 5.91 Å². The summed E-state index contributed by atoms with van der Waals surface area (Å²) in [6, 6.07) is 15.2. The van der Waals surface area contributed by atoms with E-state index in [2.05, 4.69) is 19.2 Å². The predicted octanol–water partition coefficient (Wildman–Crippen LogP) is 4.10. The minimum absolute atomic E-state index is 0.241. The fraction of sp³-hybridized carbons (Fsp3) is 0.227. The van der Waals surface area contributed by atoms with Gasteiger partial charge in [-0.25, -0.2) is 4.79 Å². The van der Waals surface area contributed by atoms with Gasteiger partial charge in [0.05, 0.1) is 5.39 Å². The molecule has 1 amide bonds. The van der Waals surface area contributed by atoms with Gasteiger partial charge >= 0.3 is 5.97 Å². The quantitative estimate of drug-likeness (QED) is 0.652. The average molecular weight is 379 g/mol. The fourth-order valence-electron chi connectivity index (χ4n) is 2.73. The van der Waals surface area contributed by atoms with Crippen LogP contribution in [0.1, 0.15) is 42.3 Å². The fourth-order valence-corrected chi connectivity index (χ4v) is 2.73. The van der Waals surface area contributed by atoms with E-state index in [-0.39, 0.29) is 16.8 Å². The third-order valence-electron chi connectivity index (χ3n) is 4.55. The van der Waals surface area contributed by atoms with Gasteiger partial charge in [0.1, 0.15) is 5.58 Å². The molecule has 1 atom stereocenters. The number of hydrogen-bond acceptors (Lipinski definition) is 5. The van der Waals surface area contributed by atoms with Gasteiger partial charge in [-0.2, -0.15) is 0 Å². The van der Waals surface area contributed by atoms with Crippen molar-refractivity contribution in [1.82, 2.24) is 0 Å². The summed E-state index contributed by atoms with van der Waals surface area (Å²) in [4.78, 5) is 36.2. The van der Waals surface area contributed by atoms with Crippen LogP contribution in [0.5, 0.6) is 0 Å². The van der Waals surface area contributed by atoms with Gasteiger partial charge in [0.2, 0.25) is 5.76 Å². The van der Waals surface area contributed by atoms with Crippen LogP contribution in [-0.2, 0) is 9.53 Å². The lowest BCUT2D eigenvalue weighted by molar-refractivity contribution is -0.119. The van der Waals surface area contributed by atoms with E-state index in [1.807, 2.05) is 24.3 Å². The van der Waals surface area contributed by atoms with E-state index >= 15 is 0 Å². The molecular formula is C22H21NO5. The summed E-state index contributed by atoms with van der Waals surface area (Å²) in [5.74, 6) is -1.14. The molecule has 0 aliphatic carbocycles. The molecule has 1 N–H and O–H groups in total. The molecule has 0 aliphatic heterocycles. The lowest BCUT2D eigenvalue weighted by atomic mass is 9.99. The molecule has 0 fully saturated rings. The van der Waals surface area contributed by atoms with E-state index in [0.29, 0.717) is 17.0 Å². The highest BCUT2D eigenvalue weighted by Crippen LogP contribution is 2.20. The van der Waals surface area contributed by atoms with Gasteiger partial charge < -0.3 is 14.5 Å². The predicted molar refractivity (Wildman–Crippen MR) is 107 cm³/mol. The van der Waals surface area contributed by atoms with Crippen molar-refractivity contribution in [2.45, 2.75) is 26.2 Å². The van der Waals surface area contributed by atoms with Crippen molar-refractivity contribution in [3.05, 3.63) is 76.1 Å². The third-order valence-corrected chi connectivity index (χ3v) is 4.55. The highest BCUT2D eigenvalue weighted by Gasteiger charge is 2.15. The highest BCUT2D eigenvalue weighted by atomic mass is 16.5. The Bertz CT molecular complexity index is 1050. The summed E-state index contributed by atoms with van der Waals surface area (Å²) in [5.41, 5.74) is 1.75. The molecule has 3 aromatic rings. The first-order chi connectivity index (χ1) is 13.5. The monoisotopic (exact) mass is 379 g/mol. The number of rotatable bonds is 6. The number of carbonyl (C=O) groups is 2. The maximum atomic E-state index is 12.1. The zero-order chi connectivity index (χ0) is 20.1. The topological polar surface area (TPSA) is 85.6 Å². The van der Waals surface area contributed by atoms with Crippen LogP contribution in [0.3, 0.4) is 0 Å². The van der Waals surface area contributed by atoms with E-state index in [1.54, 1.807) is 24.3 Å². The van der Waals surface area contributed by atoms with Crippen LogP contribution >= 0.6 is 0 Å². The van der Waals surface area contributed by atoms with Crippen LogP contribution in [0.4, 0.5) is 5.69 Å². The number of hydrogen-bond donors (Lipinski definition) is 1. The van der Waals surface area contributed by atoms with Crippen molar-refractivity contribution in [3.8, 4) is 0 Å². The molecular weight excluding hydrogens is 358 g/mol. The SMILES string of the molecule is CC[C@@H](C)c1ccc(NC(=O)COC(=O)c2cc(=O)c3ccccc3o2)cc1. The molecule has 0 spiro atoms. The average Bonchev–Trinajstić information content (AvgIpc) is 2.72. The molecule has 1 aromatic heterocycles. The highest BCUT2D eigenvalue weighted by molar-refractivity contribution is 5.95. The molecule has 0 aliphatic rings. The summed E-state index contributed by atoms with van der Waals surface area (Å²) in [6.07, 6.45) is 1.03. The van der Waals surface area contributed by atoms with Crippen molar-refractivity contribution >= 4 is 28.5 Å². The first-order valence-electron chi connectivity index (χ1n) is 9.07. The summed E-state index contributed by atoms with van der Waals surface area (Å²) in [5, 5.41) is 3.04. The van der Waals surface area contributed by atoms with Gasteiger partial charge in [-0.1, -0.05) is 38.1 Å². The van der Waals surface area contributed by atoms with Crippen molar-refractivity contribution < 1.29 is 18.7 Å². The number of benzene rings is 2. The Labute approximate surface area is 162 Å². The molecule has 0 saturated carbocycles. The zero-order valence-corrected chi connectivity index (χ0v) is 15.7. The van der Waals surface area contributed by atoms with E-state index in [9.17, 15) is 14.4 Å². The Morgan fingerprint density at radius 2 is 1.82 bits per heavy atom. The summed E-state index contributed by atoms with van der Waals surface area (Å²) in [7, 11) is 0. The molecule has 0 unspecified atom stereocenters. The van der Waals surface area contributed by atoms with E-state index in [1.165, 1.54) is 5.56 Å². The number of anilines is 1. The van der Waals surface area contributed by atoms with Crippen molar-refractivity contribution in [2.24, 2.45) is 0 Å². The second-order valence-corrected chi connectivity index (χ2v) is 6.53. The maximum absolute atomic E-state index is 12.1. The molecule has 1 heterocycles. The number of fused-ring (bicyclic) bond motifs is 1. The van der Waals surface area contributed by atoms with Gasteiger partial charge in [-0.3, -0.25) is 9.59 Å². The van der Waals surface area contributed by atoms with E-state index in [0.717, 1.165) is 12.5 Å². The van der Waals surface area contributed by atoms with Crippen LogP contribution in [0.2, 0.25) is 0 Å². The Morgan fingerprint density at radius 3 is 2.54 bits per heavy atom. The molecule has 0 saturated heterocycles. The Balaban J connectivity index is 1.60. The van der Waals surface area contributed by atoms with Crippen molar-refractivity contribution in [1.29, 1.82) is 0 Å². The summed E-state index contributed by atoms with van der Waals surface area (Å²) >= 11 is 0. The number of amides is 1. The van der Waals surface area contributed by atoms with E-state index < -0.39 is 18.5 Å².